The Hall–Kier alpha value is -0.570. The largest absolute Gasteiger partial charge is 0.481 e. The summed E-state index contributed by atoms with van der Waals surface area (Å²) in [7, 11) is 0. The maximum atomic E-state index is 11.5. The number of carbonyl (C=O) groups is 1. The molecule has 2 fully saturated rings. The van der Waals surface area contributed by atoms with Gasteiger partial charge in [0.15, 0.2) is 0 Å². The van der Waals surface area contributed by atoms with E-state index >= 15 is 0 Å². The lowest BCUT2D eigenvalue weighted by molar-refractivity contribution is -0.165. The molecule has 0 amide bonds. The van der Waals surface area contributed by atoms with Crippen LogP contribution in [0.25, 0.3) is 0 Å². The molecular formula is C12H20O3. The van der Waals surface area contributed by atoms with Gasteiger partial charge < -0.3 is 9.84 Å². The lowest BCUT2D eigenvalue weighted by Crippen LogP contribution is -2.46. The molecule has 0 aromatic carbocycles. The minimum Gasteiger partial charge on any atom is -0.481 e. The van der Waals surface area contributed by atoms with Crippen molar-refractivity contribution < 1.29 is 14.6 Å². The van der Waals surface area contributed by atoms with Crippen molar-refractivity contribution in [3.8, 4) is 0 Å². The zero-order chi connectivity index (χ0) is 10.7. The molecule has 1 heterocycles. The Morgan fingerprint density at radius 3 is 2.47 bits per heavy atom. The summed E-state index contributed by atoms with van der Waals surface area (Å²) in [6.45, 7) is 1.18. The first-order valence-corrected chi connectivity index (χ1v) is 6.07. The van der Waals surface area contributed by atoms with Crippen LogP contribution in [0, 0.1) is 11.3 Å². The van der Waals surface area contributed by atoms with Crippen molar-refractivity contribution in [2.24, 2.45) is 11.3 Å². The fourth-order valence-corrected chi connectivity index (χ4v) is 3.14. The van der Waals surface area contributed by atoms with E-state index in [-0.39, 0.29) is 0 Å². The molecule has 86 valence electrons. The third-order valence-corrected chi connectivity index (χ3v) is 4.08. The zero-order valence-corrected chi connectivity index (χ0v) is 9.21. The molecule has 1 N–H and O–H groups in total. The molecule has 1 aliphatic heterocycles. The lowest BCUT2D eigenvalue weighted by atomic mass is 9.66. The van der Waals surface area contributed by atoms with Gasteiger partial charge in [0.05, 0.1) is 12.0 Å². The highest BCUT2D eigenvalue weighted by Crippen LogP contribution is 2.44. The number of ether oxygens (including phenoxy) is 1. The van der Waals surface area contributed by atoms with Crippen LogP contribution in [0.3, 0.4) is 0 Å². The summed E-state index contributed by atoms with van der Waals surface area (Å²) in [6.07, 6.45) is 7.54. The highest BCUT2D eigenvalue weighted by atomic mass is 16.5. The van der Waals surface area contributed by atoms with Crippen LogP contribution >= 0.6 is 0 Å². The van der Waals surface area contributed by atoms with E-state index < -0.39 is 11.4 Å². The van der Waals surface area contributed by atoms with Crippen molar-refractivity contribution >= 4 is 5.97 Å². The summed E-state index contributed by atoms with van der Waals surface area (Å²) >= 11 is 0. The highest BCUT2D eigenvalue weighted by molar-refractivity contribution is 5.75. The normalized spacial score (nSPS) is 33.9. The van der Waals surface area contributed by atoms with Gasteiger partial charge in [0.2, 0.25) is 0 Å². The molecule has 0 radical (unpaired) electrons. The Morgan fingerprint density at radius 2 is 1.93 bits per heavy atom. The monoisotopic (exact) mass is 212 g/mol. The Morgan fingerprint density at radius 1 is 1.20 bits per heavy atom. The fraction of sp³-hybridized carbons (Fsp3) is 0.917. The van der Waals surface area contributed by atoms with E-state index in [1.807, 2.05) is 0 Å². The SMILES string of the molecule is O=C(O)C1(C2CCCCC2)CCCOC1. The zero-order valence-electron chi connectivity index (χ0n) is 9.21. The van der Waals surface area contributed by atoms with Gasteiger partial charge in [-0.25, -0.2) is 0 Å². The second kappa shape index (κ2) is 4.52. The minimum atomic E-state index is -0.630. The van der Waals surface area contributed by atoms with E-state index in [9.17, 15) is 9.90 Å². The van der Waals surface area contributed by atoms with Gasteiger partial charge in [0, 0.05) is 6.61 Å². The predicted octanol–water partition coefficient (Wildman–Crippen LogP) is 2.45. The molecule has 1 saturated carbocycles. The van der Waals surface area contributed by atoms with Crippen LogP contribution in [-0.2, 0) is 9.53 Å². The molecule has 15 heavy (non-hydrogen) atoms. The van der Waals surface area contributed by atoms with Crippen LogP contribution < -0.4 is 0 Å². The quantitative estimate of drug-likeness (QED) is 0.764. The van der Waals surface area contributed by atoms with E-state index in [1.54, 1.807) is 0 Å². The van der Waals surface area contributed by atoms with E-state index in [0.717, 1.165) is 32.3 Å². The van der Waals surface area contributed by atoms with E-state index in [1.165, 1.54) is 19.3 Å². The van der Waals surface area contributed by atoms with Crippen molar-refractivity contribution in [1.82, 2.24) is 0 Å². The molecular weight excluding hydrogens is 192 g/mol. The van der Waals surface area contributed by atoms with Crippen LogP contribution in [0.15, 0.2) is 0 Å². The molecule has 0 aromatic heterocycles. The van der Waals surface area contributed by atoms with E-state index in [0.29, 0.717) is 12.5 Å². The van der Waals surface area contributed by atoms with Crippen LogP contribution in [0.5, 0.6) is 0 Å². The topological polar surface area (TPSA) is 46.5 Å². The Kier molecular flexibility index (Phi) is 3.29. The second-order valence-electron chi connectivity index (χ2n) is 4.95. The number of carboxylic acid groups (broad SMARTS) is 1. The van der Waals surface area contributed by atoms with Crippen LogP contribution in [0.2, 0.25) is 0 Å². The van der Waals surface area contributed by atoms with Gasteiger partial charge in [-0.2, -0.15) is 0 Å². The summed E-state index contributed by atoms with van der Waals surface area (Å²) in [5.41, 5.74) is -0.557. The number of aliphatic carboxylic acids is 1. The van der Waals surface area contributed by atoms with Gasteiger partial charge >= 0.3 is 5.97 Å². The molecule has 3 nitrogen and oxygen atoms in total. The van der Waals surface area contributed by atoms with Crippen molar-refractivity contribution in [3.05, 3.63) is 0 Å². The van der Waals surface area contributed by atoms with Crippen molar-refractivity contribution in [3.63, 3.8) is 0 Å². The van der Waals surface area contributed by atoms with Crippen molar-refractivity contribution in [2.75, 3.05) is 13.2 Å². The van der Waals surface area contributed by atoms with Crippen molar-refractivity contribution in [1.29, 1.82) is 0 Å². The third-order valence-electron chi connectivity index (χ3n) is 4.08. The highest BCUT2D eigenvalue weighted by Gasteiger charge is 2.47. The van der Waals surface area contributed by atoms with Crippen LogP contribution in [0.1, 0.15) is 44.9 Å². The summed E-state index contributed by atoms with van der Waals surface area (Å²) in [5, 5.41) is 9.46. The van der Waals surface area contributed by atoms with Gasteiger partial charge in [-0.05, 0) is 31.6 Å². The summed E-state index contributed by atoms with van der Waals surface area (Å²) < 4.78 is 5.42. The Labute approximate surface area is 90.8 Å². The number of carboxylic acids is 1. The van der Waals surface area contributed by atoms with Crippen molar-refractivity contribution in [2.45, 2.75) is 44.9 Å². The first kappa shape index (κ1) is 10.9. The first-order valence-electron chi connectivity index (χ1n) is 6.07. The molecule has 0 aromatic rings. The summed E-state index contributed by atoms with van der Waals surface area (Å²) in [5.74, 6) is -0.279. The second-order valence-corrected chi connectivity index (χ2v) is 4.95. The average Bonchev–Trinajstić information content (AvgIpc) is 2.31. The fourth-order valence-electron chi connectivity index (χ4n) is 3.14. The molecule has 2 rings (SSSR count). The Balaban J connectivity index is 2.12. The van der Waals surface area contributed by atoms with Gasteiger partial charge in [-0.1, -0.05) is 19.3 Å². The lowest BCUT2D eigenvalue weighted by Gasteiger charge is -2.41. The van der Waals surface area contributed by atoms with E-state index in [2.05, 4.69) is 0 Å². The van der Waals surface area contributed by atoms with Crippen LogP contribution in [0.4, 0.5) is 0 Å². The Bertz CT molecular complexity index is 225. The summed E-state index contributed by atoms with van der Waals surface area (Å²) in [6, 6.07) is 0. The predicted molar refractivity (Wildman–Crippen MR) is 56.7 cm³/mol. The van der Waals surface area contributed by atoms with Gasteiger partial charge in [-0.3, -0.25) is 4.79 Å². The standard InChI is InChI=1S/C12H20O3/c13-11(14)12(7-4-8-15-9-12)10-5-2-1-3-6-10/h10H,1-9H2,(H,13,14). The van der Waals surface area contributed by atoms with E-state index in [4.69, 9.17) is 4.74 Å². The molecule has 0 bridgehead atoms. The molecule has 3 heteroatoms. The molecule has 1 atom stereocenters. The first-order chi connectivity index (χ1) is 7.26. The molecule has 1 saturated heterocycles. The van der Waals surface area contributed by atoms with Gasteiger partial charge in [0.25, 0.3) is 0 Å². The van der Waals surface area contributed by atoms with Crippen LogP contribution in [-0.4, -0.2) is 24.3 Å². The maximum Gasteiger partial charge on any atom is 0.312 e. The number of hydrogen-bond donors (Lipinski definition) is 1. The molecule has 2 aliphatic rings. The average molecular weight is 212 g/mol. The minimum absolute atomic E-state index is 0.351. The molecule has 1 unspecified atom stereocenters. The third kappa shape index (κ3) is 2.03. The molecule has 1 aliphatic carbocycles. The summed E-state index contributed by atoms with van der Waals surface area (Å²) in [4.78, 5) is 11.5. The molecule has 0 spiro atoms. The smallest absolute Gasteiger partial charge is 0.312 e. The van der Waals surface area contributed by atoms with Gasteiger partial charge in [-0.15, -0.1) is 0 Å². The number of rotatable bonds is 2. The maximum absolute atomic E-state index is 11.5. The van der Waals surface area contributed by atoms with Gasteiger partial charge in [0.1, 0.15) is 0 Å². The number of hydrogen-bond acceptors (Lipinski definition) is 2.